The highest BCUT2D eigenvalue weighted by Gasteiger charge is 2.24. The zero-order chi connectivity index (χ0) is 15.6. The summed E-state index contributed by atoms with van der Waals surface area (Å²) in [5.74, 6) is 0.0588. The number of hydrogen-bond donors (Lipinski definition) is 0. The van der Waals surface area contributed by atoms with Crippen LogP contribution in [0, 0.1) is 5.92 Å². The topological polar surface area (TPSA) is 47.9 Å². The number of oxime groups is 1. The number of nitrogens with zero attached hydrogens (tertiary/aromatic N) is 1. The standard InChI is InChI=1S/C18H23NO3/c1-2-21-18(20)17(16-10-6-7-11-16)12-13-19-22-14-15-8-4-3-5-9-15/h3-5,8-9,12-13,16H,2,6-7,10-11,14H2,1H3/b17-12+,19-13+. The van der Waals surface area contributed by atoms with Crippen LogP contribution in [0.3, 0.4) is 0 Å². The maximum Gasteiger partial charge on any atom is 0.334 e. The summed E-state index contributed by atoms with van der Waals surface area (Å²) in [6, 6.07) is 9.84. The van der Waals surface area contributed by atoms with Gasteiger partial charge in [0.15, 0.2) is 0 Å². The van der Waals surface area contributed by atoms with Crippen LogP contribution >= 0.6 is 0 Å². The van der Waals surface area contributed by atoms with Gasteiger partial charge in [0.25, 0.3) is 0 Å². The third kappa shape index (κ3) is 5.02. The molecule has 0 heterocycles. The second-order valence-electron chi connectivity index (χ2n) is 5.34. The van der Waals surface area contributed by atoms with E-state index in [4.69, 9.17) is 9.57 Å². The van der Waals surface area contributed by atoms with Gasteiger partial charge in [0.2, 0.25) is 0 Å². The fraction of sp³-hybridized carbons (Fsp3) is 0.444. The van der Waals surface area contributed by atoms with Gasteiger partial charge < -0.3 is 9.57 Å². The zero-order valence-corrected chi connectivity index (χ0v) is 13.0. The van der Waals surface area contributed by atoms with Crippen LogP contribution in [0.2, 0.25) is 0 Å². The monoisotopic (exact) mass is 301 g/mol. The predicted octanol–water partition coefficient (Wildman–Crippen LogP) is 3.87. The molecule has 118 valence electrons. The van der Waals surface area contributed by atoms with E-state index in [1.54, 1.807) is 12.3 Å². The summed E-state index contributed by atoms with van der Waals surface area (Å²) < 4.78 is 5.13. The molecule has 1 fully saturated rings. The first kappa shape index (κ1) is 16.3. The minimum Gasteiger partial charge on any atom is -0.463 e. The lowest BCUT2D eigenvalue weighted by Gasteiger charge is -2.12. The first-order valence-corrected chi connectivity index (χ1v) is 7.87. The maximum atomic E-state index is 12.0. The van der Waals surface area contributed by atoms with Crippen molar-refractivity contribution in [1.82, 2.24) is 0 Å². The normalized spacial score (nSPS) is 16.1. The second-order valence-corrected chi connectivity index (χ2v) is 5.34. The fourth-order valence-electron chi connectivity index (χ4n) is 2.66. The van der Waals surface area contributed by atoms with Crippen LogP contribution in [0.1, 0.15) is 38.2 Å². The number of hydrogen-bond acceptors (Lipinski definition) is 4. The summed E-state index contributed by atoms with van der Waals surface area (Å²) >= 11 is 0. The second kappa shape index (κ2) is 9.03. The van der Waals surface area contributed by atoms with Crippen molar-refractivity contribution in [2.45, 2.75) is 39.2 Å². The molecule has 0 atom stereocenters. The third-order valence-electron chi connectivity index (χ3n) is 3.77. The highest BCUT2D eigenvalue weighted by molar-refractivity contribution is 5.93. The Morgan fingerprint density at radius 1 is 1.27 bits per heavy atom. The van der Waals surface area contributed by atoms with E-state index in [1.807, 2.05) is 37.3 Å². The number of rotatable bonds is 7. The quantitative estimate of drug-likeness (QED) is 0.332. The van der Waals surface area contributed by atoms with Gasteiger partial charge in [0.1, 0.15) is 6.61 Å². The van der Waals surface area contributed by atoms with E-state index < -0.39 is 0 Å². The molecule has 4 heteroatoms. The Hall–Kier alpha value is -2.10. The summed E-state index contributed by atoms with van der Waals surface area (Å²) in [6.07, 6.45) is 7.71. The Labute approximate surface area is 131 Å². The highest BCUT2D eigenvalue weighted by Crippen LogP contribution is 2.31. The van der Waals surface area contributed by atoms with E-state index in [1.165, 1.54) is 12.8 Å². The molecular weight excluding hydrogens is 278 g/mol. The smallest absolute Gasteiger partial charge is 0.334 e. The van der Waals surface area contributed by atoms with Crippen molar-refractivity contribution in [3.63, 3.8) is 0 Å². The van der Waals surface area contributed by atoms with Crippen LogP contribution in [0.5, 0.6) is 0 Å². The maximum absolute atomic E-state index is 12.0. The molecular formula is C18H23NO3. The lowest BCUT2D eigenvalue weighted by Crippen LogP contribution is -2.14. The molecule has 22 heavy (non-hydrogen) atoms. The van der Waals surface area contributed by atoms with E-state index in [-0.39, 0.29) is 5.97 Å². The molecule has 0 saturated heterocycles. The Morgan fingerprint density at radius 2 is 2.00 bits per heavy atom. The number of benzene rings is 1. The summed E-state index contributed by atoms with van der Waals surface area (Å²) in [5, 5.41) is 3.91. The highest BCUT2D eigenvalue weighted by atomic mass is 16.6. The summed E-state index contributed by atoms with van der Waals surface area (Å²) in [4.78, 5) is 17.3. The van der Waals surface area contributed by atoms with E-state index in [0.29, 0.717) is 24.7 Å². The molecule has 1 saturated carbocycles. The molecule has 1 aromatic rings. The minimum atomic E-state index is -0.232. The van der Waals surface area contributed by atoms with Crippen LogP contribution in [-0.2, 0) is 21.0 Å². The molecule has 0 bridgehead atoms. The van der Waals surface area contributed by atoms with Gasteiger partial charge in [-0.2, -0.15) is 0 Å². The van der Waals surface area contributed by atoms with Crippen LogP contribution in [0.4, 0.5) is 0 Å². The average Bonchev–Trinajstić information content (AvgIpc) is 3.06. The number of esters is 1. The van der Waals surface area contributed by atoms with Crippen LogP contribution < -0.4 is 0 Å². The fourth-order valence-corrected chi connectivity index (χ4v) is 2.66. The molecule has 1 aliphatic carbocycles. The molecule has 0 aromatic heterocycles. The summed E-state index contributed by atoms with van der Waals surface area (Å²) in [7, 11) is 0. The van der Waals surface area contributed by atoms with E-state index in [2.05, 4.69) is 5.16 Å². The van der Waals surface area contributed by atoms with Crippen LogP contribution in [-0.4, -0.2) is 18.8 Å². The van der Waals surface area contributed by atoms with Crippen LogP contribution in [0.25, 0.3) is 0 Å². The molecule has 4 nitrogen and oxygen atoms in total. The molecule has 0 radical (unpaired) electrons. The molecule has 0 unspecified atom stereocenters. The predicted molar refractivity (Wildman–Crippen MR) is 86.4 cm³/mol. The first-order valence-electron chi connectivity index (χ1n) is 7.87. The number of carbonyl (C=O) groups excluding carboxylic acids is 1. The van der Waals surface area contributed by atoms with Crippen molar-refractivity contribution < 1.29 is 14.4 Å². The van der Waals surface area contributed by atoms with Gasteiger partial charge in [-0.1, -0.05) is 48.3 Å². The van der Waals surface area contributed by atoms with Crippen LogP contribution in [0.15, 0.2) is 47.1 Å². The molecule has 0 spiro atoms. The minimum absolute atomic E-state index is 0.232. The summed E-state index contributed by atoms with van der Waals surface area (Å²) in [5.41, 5.74) is 1.77. The average molecular weight is 301 g/mol. The molecule has 2 rings (SSSR count). The number of ether oxygens (including phenoxy) is 1. The van der Waals surface area contributed by atoms with Gasteiger partial charge >= 0.3 is 5.97 Å². The van der Waals surface area contributed by atoms with Gasteiger partial charge in [-0.15, -0.1) is 0 Å². The first-order chi connectivity index (χ1) is 10.8. The van der Waals surface area contributed by atoms with Crippen molar-refractivity contribution in [2.75, 3.05) is 6.61 Å². The van der Waals surface area contributed by atoms with Crippen molar-refractivity contribution in [1.29, 1.82) is 0 Å². The third-order valence-corrected chi connectivity index (χ3v) is 3.77. The van der Waals surface area contributed by atoms with Gasteiger partial charge in [-0.05, 0) is 37.3 Å². The zero-order valence-electron chi connectivity index (χ0n) is 13.0. The van der Waals surface area contributed by atoms with E-state index >= 15 is 0 Å². The Balaban J connectivity index is 1.90. The largest absolute Gasteiger partial charge is 0.463 e. The molecule has 0 N–H and O–H groups in total. The Morgan fingerprint density at radius 3 is 2.68 bits per heavy atom. The van der Waals surface area contributed by atoms with Crippen molar-refractivity contribution >= 4 is 12.2 Å². The van der Waals surface area contributed by atoms with Gasteiger partial charge in [-0.3, -0.25) is 0 Å². The van der Waals surface area contributed by atoms with Gasteiger partial charge in [-0.25, -0.2) is 4.79 Å². The van der Waals surface area contributed by atoms with Gasteiger partial charge in [0.05, 0.1) is 12.8 Å². The lowest BCUT2D eigenvalue weighted by atomic mass is 9.97. The Kier molecular flexibility index (Phi) is 6.68. The molecule has 0 amide bonds. The molecule has 1 aliphatic rings. The molecule has 0 aliphatic heterocycles. The molecule has 1 aromatic carbocycles. The SMILES string of the molecule is CCOC(=O)/C(=C/C=N/OCc1ccccc1)C1CCCC1. The van der Waals surface area contributed by atoms with Gasteiger partial charge in [0, 0.05) is 5.57 Å². The van der Waals surface area contributed by atoms with Crippen molar-refractivity contribution in [3.05, 3.63) is 47.5 Å². The lowest BCUT2D eigenvalue weighted by molar-refractivity contribution is -0.139. The van der Waals surface area contributed by atoms with E-state index in [0.717, 1.165) is 18.4 Å². The van der Waals surface area contributed by atoms with Crippen molar-refractivity contribution in [3.8, 4) is 0 Å². The van der Waals surface area contributed by atoms with E-state index in [9.17, 15) is 4.79 Å². The summed E-state index contributed by atoms with van der Waals surface area (Å²) in [6.45, 7) is 2.63. The number of carbonyl (C=O) groups is 1. The number of allylic oxidation sites excluding steroid dienone is 1. The van der Waals surface area contributed by atoms with Crippen molar-refractivity contribution in [2.24, 2.45) is 11.1 Å². The Bertz CT molecular complexity index is 516.